The molecule has 0 bridgehead atoms. The van der Waals surface area contributed by atoms with Crippen LogP contribution in [0.4, 0.5) is 22.7 Å². The lowest BCUT2D eigenvalue weighted by Crippen LogP contribution is -2.32. The van der Waals surface area contributed by atoms with Crippen LogP contribution in [0, 0.1) is 10.1 Å². The predicted octanol–water partition coefficient (Wildman–Crippen LogP) is 3.79. The number of halogens is 1. The summed E-state index contributed by atoms with van der Waals surface area (Å²) in [6.45, 7) is 2.53. The number of carbonyl (C=O) groups is 1. The number of nitrogens with two attached hydrogens (primary N) is 1. The zero-order chi connectivity index (χ0) is 18.1. The van der Waals surface area contributed by atoms with E-state index in [0.29, 0.717) is 22.4 Å². The molecule has 0 radical (unpaired) electrons. The molecule has 0 fully saturated rings. The Hall–Kier alpha value is -2.61. The first-order valence-corrected chi connectivity index (χ1v) is 8.58. The number of amides is 1. The van der Waals surface area contributed by atoms with Crippen molar-refractivity contribution in [1.29, 1.82) is 0 Å². The van der Waals surface area contributed by atoms with Crippen molar-refractivity contribution in [3.63, 3.8) is 0 Å². The van der Waals surface area contributed by atoms with Gasteiger partial charge in [-0.05, 0) is 59.6 Å². The lowest BCUT2D eigenvalue weighted by Gasteiger charge is -2.23. The maximum absolute atomic E-state index is 13.0. The molecule has 1 unspecified atom stereocenters. The number of nitrogens with zero attached hydrogens (tertiary/aromatic N) is 2. The summed E-state index contributed by atoms with van der Waals surface area (Å²) in [5, 5.41) is 14.5. The van der Waals surface area contributed by atoms with Gasteiger partial charge >= 0.3 is 0 Å². The smallest absolute Gasteiger partial charge is 0.284 e. The SMILES string of the molecule is CC1CCN(C(=O)c2ccc(Br)c([N+](=O)[O-])c2)c2cc(N)ccc2N1. The van der Waals surface area contributed by atoms with Crippen LogP contribution >= 0.6 is 15.9 Å². The predicted molar refractivity (Wildman–Crippen MR) is 101 cm³/mol. The first-order chi connectivity index (χ1) is 11.9. The number of nitrogen functional groups attached to an aromatic ring is 1. The van der Waals surface area contributed by atoms with E-state index in [2.05, 4.69) is 21.2 Å². The molecule has 1 atom stereocenters. The highest BCUT2D eigenvalue weighted by Gasteiger charge is 2.26. The van der Waals surface area contributed by atoms with Gasteiger partial charge in [-0.1, -0.05) is 0 Å². The minimum atomic E-state index is -0.515. The topological polar surface area (TPSA) is 102 Å². The molecule has 0 spiro atoms. The van der Waals surface area contributed by atoms with Crippen LogP contribution in [0.25, 0.3) is 0 Å². The molecule has 1 amide bonds. The van der Waals surface area contributed by atoms with E-state index in [4.69, 9.17) is 5.73 Å². The van der Waals surface area contributed by atoms with Crippen molar-refractivity contribution in [2.24, 2.45) is 0 Å². The number of hydrogen-bond donors (Lipinski definition) is 2. The molecule has 2 aromatic rings. The summed E-state index contributed by atoms with van der Waals surface area (Å²) in [5.74, 6) is -0.293. The summed E-state index contributed by atoms with van der Waals surface area (Å²) in [4.78, 5) is 25.3. The van der Waals surface area contributed by atoms with Crippen LogP contribution < -0.4 is 16.0 Å². The molecule has 3 N–H and O–H groups in total. The Morgan fingerprint density at radius 2 is 2.12 bits per heavy atom. The van der Waals surface area contributed by atoms with Gasteiger partial charge in [-0.2, -0.15) is 0 Å². The molecular weight excluding hydrogens is 388 g/mol. The van der Waals surface area contributed by atoms with E-state index in [0.717, 1.165) is 12.1 Å². The molecule has 1 heterocycles. The Bertz CT molecular complexity index is 856. The normalized spacial score (nSPS) is 16.6. The molecule has 2 aromatic carbocycles. The van der Waals surface area contributed by atoms with Gasteiger partial charge in [0, 0.05) is 29.9 Å². The number of hydrogen-bond acceptors (Lipinski definition) is 5. The van der Waals surface area contributed by atoms with Crippen LogP contribution in [0.3, 0.4) is 0 Å². The first-order valence-electron chi connectivity index (χ1n) is 7.78. The first kappa shape index (κ1) is 17.2. The van der Waals surface area contributed by atoms with Gasteiger partial charge in [-0.3, -0.25) is 14.9 Å². The van der Waals surface area contributed by atoms with Crippen molar-refractivity contribution in [1.82, 2.24) is 0 Å². The number of nitrogens with one attached hydrogen (secondary N) is 1. The van der Waals surface area contributed by atoms with Gasteiger partial charge in [0.25, 0.3) is 11.6 Å². The second-order valence-electron chi connectivity index (χ2n) is 5.99. The number of fused-ring (bicyclic) bond motifs is 1. The number of benzene rings is 2. The molecule has 1 aliphatic heterocycles. The fraction of sp³-hybridized carbons (Fsp3) is 0.235. The second-order valence-corrected chi connectivity index (χ2v) is 6.85. The number of carbonyl (C=O) groups excluding carboxylic acids is 1. The van der Waals surface area contributed by atoms with Gasteiger partial charge in [0.2, 0.25) is 0 Å². The zero-order valence-electron chi connectivity index (χ0n) is 13.5. The molecule has 0 saturated carbocycles. The maximum Gasteiger partial charge on any atom is 0.284 e. The zero-order valence-corrected chi connectivity index (χ0v) is 15.1. The molecule has 0 saturated heterocycles. The van der Waals surface area contributed by atoms with E-state index < -0.39 is 4.92 Å². The highest BCUT2D eigenvalue weighted by Crippen LogP contribution is 2.34. The quantitative estimate of drug-likeness (QED) is 0.450. The summed E-state index contributed by atoms with van der Waals surface area (Å²) in [5.41, 5.74) is 8.06. The average molecular weight is 405 g/mol. The Labute approximate surface area is 153 Å². The minimum absolute atomic E-state index is 0.139. The van der Waals surface area contributed by atoms with E-state index in [9.17, 15) is 14.9 Å². The van der Waals surface area contributed by atoms with E-state index in [1.54, 1.807) is 23.1 Å². The summed E-state index contributed by atoms with van der Waals surface area (Å²) in [6.07, 6.45) is 0.749. The standard InChI is InChI=1S/C17H17BrN4O3/c1-10-6-7-21(16-9-12(19)3-5-14(16)20-10)17(23)11-2-4-13(18)15(8-11)22(24)25/h2-5,8-10,20H,6-7,19H2,1H3. The second kappa shape index (κ2) is 6.72. The van der Waals surface area contributed by atoms with Crippen molar-refractivity contribution in [3.05, 3.63) is 56.5 Å². The lowest BCUT2D eigenvalue weighted by atomic mass is 10.1. The minimum Gasteiger partial charge on any atom is -0.399 e. The van der Waals surface area contributed by atoms with Gasteiger partial charge in [0.15, 0.2) is 0 Å². The van der Waals surface area contributed by atoms with E-state index in [-0.39, 0.29) is 23.2 Å². The van der Waals surface area contributed by atoms with Gasteiger partial charge in [-0.25, -0.2) is 0 Å². The number of anilines is 3. The number of nitro benzene ring substituents is 1. The Balaban J connectivity index is 2.04. The molecule has 0 aliphatic carbocycles. The number of nitro groups is 1. The highest BCUT2D eigenvalue weighted by molar-refractivity contribution is 9.10. The Kier molecular flexibility index (Phi) is 4.63. The largest absolute Gasteiger partial charge is 0.399 e. The Morgan fingerprint density at radius 3 is 2.84 bits per heavy atom. The summed E-state index contributed by atoms with van der Waals surface area (Å²) >= 11 is 3.14. The number of rotatable bonds is 2. The van der Waals surface area contributed by atoms with Crippen LogP contribution in [0.5, 0.6) is 0 Å². The van der Waals surface area contributed by atoms with Crippen LogP contribution in [0.2, 0.25) is 0 Å². The van der Waals surface area contributed by atoms with E-state index in [1.807, 2.05) is 13.0 Å². The molecule has 25 heavy (non-hydrogen) atoms. The molecule has 8 heteroatoms. The van der Waals surface area contributed by atoms with Gasteiger partial charge < -0.3 is 16.0 Å². The third-order valence-corrected chi connectivity index (χ3v) is 4.81. The molecule has 3 rings (SSSR count). The van der Waals surface area contributed by atoms with Gasteiger partial charge in [0.05, 0.1) is 20.8 Å². The lowest BCUT2D eigenvalue weighted by molar-refractivity contribution is -0.385. The van der Waals surface area contributed by atoms with Crippen LogP contribution in [-0.2, 0) is 0 Å². The molecule has 130 valence electrons. The molecule has 7 nitrogen and oxygen atoms in total. The molecular formula is C17H17BrN4O3. The highest BCUT2D eigenvalue weighted by atomic mass is 79.9. The molecule has 0 aromatic heterocycles. The summed E-state index contributed by atoms with van der Waals surface area (Å²) < 4.78 is 0.338. The monoisotopic (exact) mass is 404 g/mol. The van der Waals surface area contributed by atoms with Crippen molar-refractivity contribution in [2.45, 2.75) is 19.4 Å². The van der Waals surface area contributed by atoms with Crippen molar-refractivity contribution in [3.8, 4) is 0 Å². The van der Waals surface area contributed by atoms with E-state index in [1.165, 1.54) is 12.1 Å². The molecule has 1 aliphatic rings. The van der Waals surface area contributed by atoms with Crippen molar-refractivity contribution < 1.29 is 9.72 Å². The fourth-order valence-electron chi connectivity index (χ4n) is 2.83. The third kappa shape index (κ3) is 3.43. The maximum atomic E-state index is 13.0. The van der Waals surface area contributed by atoms with Crippen molar-refractivity contribution >= 4 is 44.6 Å². The summed E-state index contributed by atoms with van der Waals surface area (Å²) in [6, 6.07) is 9.94. The van der Waals surface area contributed by atoms with Gasteiger partial charge in [0.1, 0.15) is 0 Å². The van der Waals surface area contributed by atoms with Crippen LogP contribution in [-0.4, -0.2) is 23.4 Å². The Morgan fingerprint density at radius 1 is 1.36 bits per heavy atom. The fourth-order valence-corrected chi connectivity index (χ4v) is 3.22. The van der Waals surface area contributed by atoms with Crippen LogP contribution in [0.15, 0.2) is 40.9 Å². The van der Waals surface area contributed by atoms with E-state index >= 15 is 0 Å². The summed E-state index contributed by atoms with van der Waals surface area (Å²) in [7, 11) is 0. The van der Waals surface area contributed by atoms with Gasteiger partial charge in [-0.15, -0.1) is 0 Å². The van der Waals surface area contributed by atoms with Crippen LogP contribution in [0.1, 0.15) is 23.7 Å². The van der Waals surface area contributed by atoms with Crippen molar-refractivity contribution in [2.75, 3.05) is 22.5 Å². The third-order valence-electron chi connectivity index (χ3n) is 4.14. The average Bonchev–Trinajstić information content (AvgIpc) is 2.72.